The minimum absolute atomic E-state index is 0.199. The van der Waals surface area contributed by atoms with Gasteiger partial charge in [-0.25, -0.2) is 0 Å². The third-order valence-corrected chi connectivity index (χ3v) is 4.94. The number of piperazine rings is 1. The summed E-state index contributed by atoms with van der Waals surface area (Å²) in [6, 6.07) is 12.7. The van der Waals surface area contributed by atoms with Crippen LogP contribution in [0.15, 0.2) is 42.5 Å². The molecule has 0 aliphatic carbocycles. The highest BCUT2D eigenvalue weighted by Crippen LogP contribution is 2.30. The van der Waals surface area contributed by atoms with E-state index in [1.807, 2.05) is 18.2 Å². The van der Waals surface area contributed by atoms with E-state index in [9.17, 15) is 4.79 Å². The molecule has 1 saturated heterocycles. The number of likely N-dealkylation sites (N-methyl/N-ethyl adjacent to an activating group) is 1. The average Bonchev–Trinajstić information content (AvgIpc) is 2.69. The van der Waals surface area contributed by atoms with Crippen LogP contribution in [0.3, 0.4) is 0 Å². The number of halogens is 1. The Bertz CT molecular complexity index is 807. The molecule has 0 saturated carbocycles. The van der Waals surface area contributed by atoms with Gasteiger partial charge in [0, 0.05) is 43.9 Å². The fourth-order valence-electron chi connectivity index (χ4n) is 3.10. The van der Waals surface area contributed by atoms with Crippen molar-refractivity contribution >= 4 is 28.9 Å². The molecule has 0 spiro atoms. The molecule has 1 N–H and O–H groups in total. The van der Waals surface area contributed by atoms with Crippen molar-refractivity contribution in [1.29, 1.82) is 0 Å². The van der Waals surface area contributed by atoms with E-state index in [1.54, 1.807) is 31.4 Å². The van der Waals surface area contributed by atoms with E-state index in [0.717, 1.165) is 31.9 Å². The molecule has 28 heavy (non-hydrogen) atoms. The van der Waals surface area contributed by atoms with E-state index in [0.29, 0.717) is 35.2 Å². The summed E-state index contributed by atoms with van der Waals surface area (Å²) >= 11 is 6.19. The Morgan fingerprint density at radius 1 is 1.11 bits per heavy atom. The van der Waals surface area contributed by atoms with Crippen molar-refractivity contribution in [3.8, 4) is 5.75 Å². The predicted octanol–water partition coefficient (Wildman–Crippen LogP) is 3.37. The number of benzene rings is 2. The quantitative estimate of drug-likeness (QED) is 0.718. The summed E-state index contributed by atoms with van der Waals surface area (Å²) in [5.74, 6) is 0.435. The molecule has 6 nitrogen and oxygen atoms in total. The lowest BCUT2D eigenvalue weighted by molar-refractivity contribution is 0.102. The second kappa shape index (κ2) is 9.78. The molecular formula is C21H26ClN3O3. The van der Waals surface area contributed by atoms with Crippen LogP contribution >= 0.6 is 11.6 Å². The van der Waals surface area contributed by atoms with Crippen LogP contribution in [0.4, 0.5) is 11.4 Å². The number of ether oxygens (including phenoxy) is 2. The highest BCUT2D eigenvalue weighted by Gasteiger charge is 2.19. The summed E-state index contributed by atoms with van der Waals surface area (Å²) in [5, 5.41) is 3.60. The van der Waals surface area contributed by atoms with E-state index in [4.69, 9.17) is 21.1 Å². The van der Waals surface area contributed by atoms with Gasteiger partial charge in [-0.1, -0.05) is 17.7 Å². The first-order valence-electron chi connectivity index (χ1n) is 9.33. The van der Waals surface area contributed by atoms with E-state index < -0.39 is 0 Å². The number of hydrogen-bond donors (Lipinski definition) is 1. The minimum Gasteiger partial charge on any atom is -0.491 e. The molecule has 1 amide bonds. The monoisotopic (exact) mass is 403 g/mol. The van der Waals surface area contributed by atoms with Crippen LogP contribution in [0.2, 0.25) is 5.02 Å². The zero-order valence-corrected chi connectivity index (χ0v) is 17.0. The number of nitrogens with zero attached hydrogens (tertiary/aromatic N) is 2. The van der Waals surface area contributed by atoms with Crippen molar-refractivity contribution in [3.63, 3.8) is 0 Å². The fourth-order valence-corrected chi connectivity index (χ4v) is 3.27. The van der Waals surface area contributed by atoms with Gasteiger partial charge in [0.1, 0.15) is 12.4 Å². The van der Waals surface area contributed by atoms with Crippen LogP contribution in [0.5, 0.6) is 5.75 Å². The second-order valence-corrected chi connectivity index (χ2v) is 7.21. The number of nitrogens with one attached hydrogen (secondary N) is 1. The standard InChI is InChI=1S/C21H26ClN3O3/c1-24-8-10-25(11-9-24)20-7-6-17(22)15-19(20)23-21(26)16-4-3-5-18(14-16)28-13-12-27-2/h3-7,14-15H,8-13H2,1-2H3,(H,23,26). The summed E-state index contributed by atoms with van der Waals surface area (Å²) in [7, 11) is 3.74. The van der Waals surface area contributed by atoms with E-state index in [2.05, 4.69) is 22.2 Å². The lowest BCUT2D eigenvalue weighted by Crippen LogP contribution is -2.44. The smallest absolute Gasteiger partial charge is 0.255 e. The Morgan fingerprint density at radius 2 is 1.89 bits per heavy atom. The number of rotatable bonds is 7. The summed E-state index contributed by atoms with van der Waals surface area (Å²) < 4.78 is 10.6. The van der Waals surface area contributed by atoms with Gasteiger partial charge in [-0.2, -0.15) is 0 Å². The van der Waals surface area contributed by atoms with Gasteiger partial charge in [0.15, 0.2) is 0 Å². The highest BCUT2D eigenvalue weighted by atomic mass is 35.5. The normalized spacial score (nSPS) is 14.8. The van der Waals surface area contributed by atoms with Gasteiger partial charge >= 0.3 is 0 Å². The van der Waals surface area contributed by atoms with Gasteiger partial charge in [0.2, 0.25) is 0 Å². The molecule has 1 heterocycles. The third kappa shape index (κ3) is 5.38. The third-order valence-electron chi connectivity index (χ3n) is 4.70. The molecule has 3 rings (SSSR count). The summed E-state index contributed by atoms with van der Waals surface area (Å²) in [4.78, 5) is 17.4. The number of anilines is 2. The van der Waals surface area contributed by atoms with Gasteiger partial charge in [-0.3, -0.25) is 4.79 Å². The predicted molar refractivity (Wildman–Crippen MR) is 113 cm³/mol. The zero-order valence-electron chi connectivity index (χ0n) is 16.3. The Hall–Kier alpha value is -2.28. The Morgan fingerprint density at radius 3 is 2.64 bits per heavy atom. The number of carbonyl (C=O) groups is 1. The van der Waals surface area contributed by atoms with Crippen molar-refractivity contribution in [2.24, 2.45) is 0 Å². The molecule has 0 aromatic heterocycles. The molecule has 2 aromatic rings. The van der Waals surface area contributed by atoms with Gasteiger partial charge in [-0.05, 0) is 43.4 Å². The topological polar surface area (TPSA) is 54.0 Å². The maximum absolute atomic E-state index is 12.8. The maximum Gasteiger partial charge on any atom is 0.255 e. The van der Waals surface area contributed by atoms with Crippen LogP contribution in [0.25, 0.3) is 0 Å². The molecule has 150 valence electrons. The minimum atomic E-state index is -0.199. The summed E-state index contributed by atoms with van der Waals surface area (Å²) in [6.07, 6.45) is 0. The van der Waals surface area contributed by atoms with E-state index in [-0.39, 0.29) is 5.91 Å². The largest absolute Gasteiger partial charge is 0.491 e. The molecule has 0 bridgehead atoms. The second-order valence-electron chi connectivity index (χ2n) is 6.78. The maximum atomic E-state index is 12.8. The molecule has 0 unspecified atom stereocenters. The zero-order chi connectivity index (χ0) is 19.9. The van der Waals surface area contributed by atoms with E-state index in [1.165, 1.54) is 0 Å². The van der Waals surface area contributed by atoms with Crippen molar-refractivity contribution in [2.45, 2.75) is 0 Å². The molecule has 7 heteroatoms. The first kappa shape index (κ1) is 20.5. The number of hydrogen-bond acceptors (Lipinski definition) is 5. The lowest BCUT2D eigenvalue weighted by atomic mass is 10.1. The molecule has 0 radical (unpaired) electrons. The Labute approximate surface area is 171 Å². The Kier molecular flexibility index (Phi) is 7.14. The molecule has 1 aliphatic heterocycles. The van der Waals surface area contributed by atoms with E-state index >= 15 is 0 Å². The van der Waals surface area contributed by atoms with Crippen molar-refractivity contribution < 1.29 is 14.3 Å². The molecule has 1 aliphatic rings. The SMILES string of the molecule is COCCOc1cccc(C(=O)Nc2cc(Cl)ccc2N2CCN(C)CC2)c1. The first-order chi connectivity index (χ1) is 13.6. The lowest BCUT2D eigenvalue weighted by Gasteiger charge is -2.35. The molecule has 2 aromatic carbocycles. The average molecular weight is 404 g/mol. The fraction of sp³-hybridized carbons (Fsp3) is 0.381. The van der Waals surface area contributed by atoms with Crippen LogP contribution < -0.4 is 15.0 Å². The summed E-state index contributed by atoms with van der Waals surface area (Å²) in [6.45, 7) is 4.71. The van der Waals surface area contributed by atoms with Gasteiger partial charge in [0.25, 0.3) is 5.91 Å². The van der Waals surface area contributed by atoms with Gasteiger partial charge < -0.3 is 24.6 Å². The van der Waals surface area contributed by atoms with Crippen molar-refractivity contribution in [1.82, 2.24) is 4.90 Å². The van der Waals surface area contributed by atoms with Crippen molar-refractivity contribution in [2.75, 3.05) is 63.8 Å². The summed E-state index contributed by atoms with van der Waals surface area (Å²) in [5.41, 5.74) is 2.23. The van der Waals surface area contributed by atoms with Crippen LogP contribution in [-0.4, -0.2) is 64.4 Å². The highest BCUT2D eigenvalue weighted by molar-refractivity contribution is 6.31. The molecule has 1 fully saturated rings. The van der Waals surface area contributed by atoms with Crippen LogP contribution in [0.1, 0.15) is 10.4 Å². The van der Waals surface area contributed by atoms with Crippen LogP contribution in [0, 0.1) is 0 Å². The number of amides is 1. The van der Waals surface area contributed by atoms with Crippen LogP contribution in [-0.2, 0) is 4.74 Å². The first-order valence-corrected chi connectivity index (χ1v) is 9.71. The Balaban J connectivity index is 1.75. The molecule has 0 atom stereocenters. The number of methoxy groups -OCH3 is 1. The van der Waals surface area contributed by atoms with Crippen molar-refractivity contribution in [3.05, 3.63) is 53.1 Å². The van der Waals surface area contributed by atoms with Gasteiger partial charge in [-0.15, -0.1) is 0 Å². The molecular weight excluding hydrogens is 378 g/mol. The number of carbonyl (C=O) groups excluding carboxylic acids is 1. The van der Waals surface area contributed by atoms with Gasteiger partial charge in [0.05, 0.1) is 18.0 Å².